The lowest BCUT2D eigenvalue weighted by molar-refractivity contribution is 0.0974. The van der Waals surface area contributed by atoms with E-state index in [4.69, 9.17) is 0 Å². The van der Waals surface area contributed by atoms with Gasteiger partial charge >= 0.3 is 0 Å². The number of nitrogens with zero attached hydrogens (tertiary/aromatic N) is 1. The third-order valence-corrected chi connectivity index (χ3v) is 5.22. The number of nitrogens with one attached hydrogen (secondary N) is 1. The largest absolute Gasteiger partial charge is 0.360 e. The van der Waals surface area contributed by atoms with E-state index in [1.807, 2.05) is 48.7 Å². The van der Waals surface area contributed by atoms with Crippen molar-refractivity contribution in [3.8, 4) is 0 Å². The summed E-state index contributed by atoms with van der Waals surface area (Å²) in [7, 11) is 0. The van der Waals surface area contributed by atoms with Gasteiger partial charge in [0.25, 0.3) is 5.91 Å². The van der Waals surface area contributed by atoms with E-state index in [1.165, 1.54) is 6.07 Å². The van der Waals surface area contributed by atoms with Gasteiger partial charge in [-0.15, -0.1) is 11.8 Å². The summed E-state index contributed by atoms with van der Waals surface area (Å²) in [6, 6.07) is 21.6. The van der Waals surface area contributed by atoms with Gasteiger partial charge in [0.1, 0.15) is 12.0 Å². The van der Waals surface area contributed by atoms with Gasteiger partial charge in [0.15, 0.2) is 0 Å². The maximum absolute atomic E-state index is 14.5. The number of hydrogen-bond acceptors (Lipinski definition) is 3. The van der Waals surface area contributed by atoms with Crippen LogP contribution in [0.5, 0.6) is 0 Å². The van der Waals surface area contributed by atoms with Gasteiger partial charge in [-0.3, -0.25) is 9.69 Å². The van der Waals surface area contributed by atoms with E-state index in [-0.39, 0.29) is 11.7 Å². The highest BCUT2D eigenvalue weighted by Gasteiger charge is 2.35. The average Bonchev–Trinajstić information content (AvgIpc) is 2.68. The monoisotopic (exact) mass is 364 g/mol. The zero-order chi connectivity index (χ0) is 18.1. The van der Waals surface area contributed by atoms with Crippen LogP contribution in [0.15, 0.2) is 77.7 Å². The van der Waals surface area contributed by atoms with E-state index < -0.39 is 6.17 Å². The summed E-state index contributed by atoms with van der Waals surface area (Å²) in [6.45, 7) is 0. The molecule has 0 fully saturated rings. The second-order valence-corrected chi connectivity index (χ2v) is 6.87. The molecule has 0 saturated carbocycles. The van der Waals surface area contributed by atoms with E-state index in [0.29, 0.717) is 16.8 Å². The van der Waals surface area contributed by atoms with Crippen LogP contribution < -0.4 is 10.2 Å². The van der Waals surface area contributed by atoms with Crippen molar-refractivity contribution in [3.63, 3.8) is 0 Å². The first kappa shape index (κ1) is 16.7. The molecular formula is C21H17FN2OS. The summed E-state index contributed by atoms with van der Waals surface area (Å²) in [4.78, 5) is 15.9. The second-order valence-electron chi connectivity index (χ2n) is 5.99. The van der Waals surface area contributed by atoms with Gasteiger partial charge in [-0.1, -0.05) is 30.3 Å². The van der Waals surface area contributed by atoms with Crippen molar-refractivity contribution >= 4 is 29.0 Å². The molecule has 0 radical (unpaired) electrons. The normalized spacial score (nSPS) is 16.2. The number of thioether (sulfide) groups is 1. The fraction of sp³-hybridized carbons (Fsp3) is 0.0952. The van der Waals surface area contributed by atoms with Crippen LogP contribution in [0.2, 0.25) is 0 Å². The molecule has 1 atom stereocenters. The molecule has 0 saturated heterocycles. The number of fused-ring (bicyclic) bond motifs is 1. The van der Waals surface area contributed by atoms with Gasteiger partial charge in [0.2, 0.25) is 0 Å². The minimum absolute atomic E-state index is 0.149. The summed E-state index contributed by atoms with van der Waals surface area (Å²) >= 11 is 1.63. The number of carbonyl (C=O) groups excluding carboxylic acids is 1. The first-order valence-electron chi connectivity index (χ1n) is 8.26. The van der Waals surface area contributed by atoms with Gasteiger partial charge in [-0.2, -0.15) is 0 Å². The minimum atomic E-state index is -0.612. The van der Waals surface area contributed by atoms with Crippen LogP contribution in [0.25, 0.3) is 0 Å². The summed E-state index contributed by atoms with van der Waals surface area (Å²) in [6.07, 6.45) is 1.39. The van der Waals surface area contributed by atoms with Crippen LogP contribution in [0.1, 0.15) is 22.1 Å². The van der Waals surface area contributed by atoms with Gasteiger partial charge in [0.05, 0.1) is 5.56 Å². The van der Waals surface area contributed by atoms with Gasteiger partial charge in [-0.25, -0.2) is 4.39 Å². The topological polar surface area (TPSA) is 32.3 Å². The molecule has 1 aliphatic rings. The van der Waals surface area contributed by atoms with Crippen LogP contribution >= 0.6 is 11.8 Å². The maximum atomic E-state index is 14.5. The lowest BCUT2D eigenvalue weighted by atomic mass is 10.0. The number of rotatable bonds is 3. The fourth-order valence-electron chi connectivity index (χ4n) is 3.18. The quantitative estimate of drug-likeness (QED) is 0.639. The summed E-state index contributed by atoms with van der Waals surface area (Å²) in [5.41, 5.74) is 2.45. The summed E-state index contributed by atoms with van der Waals surface area (Å²) < 4.78 is 14.5. The molecule has 0 bridgehead atoms. The lowest BCUT2D eigenvalue weighted by Gasteiger charge is -2.38. The van der Waals surface area contributed by atoms with E-state index in [0.717, 1.165) is 10.6 Å². The molecule has 5 heteroatoms. The Morgan fingerprint density at radius 1 is 0.962 bits per heavy atom. The average molecular weight is 364 g/mol. The van der Waals surface area contributed by atoms with Crippen LogP contribution in [0.3, 0.4) is 0 Å². The molecule has 0 aliphatic carbocycles. The Kier molecular flexibility index (Phi) is 4.39. The standard InChI is InChI=1S/C21H17FN2OS/c1-26-15-12-10-14(11-13-15)24-20(16-6-2-4-8-18(16)22)23-19-9-5-3-7-17(19)21(24)25/h2-13,20,23H,1H3. The van der Waals surface area contributed by atoms with E-state index in [1.54, 1.807) is 40.9 Å². The maximum Gasteiger partial charge on any atom is 0.262 e. The molecule has 130 valence electrons. The van der Waals surface area contributed by atoms with E-state index in [9.17, 15) is 9.18 Å². The van der Waals surface area contributed by atoms with Crippen LogP contribution in [0.4, 0.5) is 15.8 Å². The van der Waals surface area contributed by atoms with Crippen molar-refractivity contribution < 1.29 is 9.18 Å². The van der Waals surface area contributed by atoms with Crippen molar-refractivity contribution in [2.24, 2.45) is 0 Å². The molecular weight excluding hydrogens is 347 g/mol. The highest BCUT2D eigenvalue weighted by atomic mass is 32.2. The Balaban J connectivity index is 1.86. The minimum Gasteiger partial charge on any atom is -0.360 e. The molecule has 0 aromatic heterocycles. The van der Waals surface area contributed by atoms with E-state index >= 15 is 0 Å². The molecule has 1 unspecified atom stereocenters. The lowest BCUT2D eigenvalue weighted by Crippen LogP contribution is -2.43. The highest BCUT2D eigenvalue weighted by Crippen LogP contribution is 2.37. The molecule has 1 aliphatic heterocycles. The van der Waals surface area contributed by atoms with Crippen molar-refractivity contribution in [2.45, 2.75) is 11.1 Å². The summed E-state index contributed by atoms with van der Waals surface area (Å²) in [5.74, 6) is -0.493. The van der Waals surface area contributed by atoms with Gasteiger partial charge in [0, 0.05) is 21.8 Å². The van der Waals surface area contributed by atoms with Crippen LogP contribution in [-0.4, -0.2) is 12.2 Å². The fourth-order valence-corrected chi connectivity index (χ4v) is 3.59. The molecule has 0 spiro atoms. The number of carbonyl (C=O) groups is 1. The number of hydrogen-bond donors (Lipinski definition) is 1. The third kappa shape index (κ3) is 2.84. The predicted octanol–water partition coefficient (Wildman–Crippen LogP) is 5.32. The molecule has 1 N–H and O–H groups in total. The number of para-hydroxylation sites is 1. The molecule has 1 heterocycles. The second kappa shape index (κ2) is 6.84. The van der Waals surface area contributed by atoms with Crippen LogP contribution in [0, 0.1) is 5.82 Å². The molecule has 3 aromatic rings. The highest BCUT2D eigenvalue weighted by molar-refractivity contribution is 7.98. The van der Waals surface area contributed by atoms with Crippen LogP contribution in [-0.2, 0) is 0 Å². The Morgan fingerprint density at radius 2 is 1.65 bits per heavy atom. The van der Waals surface area contributed by atoms with Crippen molar-refractivity contribution in [1.29, 1.82) is 0 Å². The number of amides is 1. The smallest absolute Gasteiger partial charge is 0.262 e. The first-order chi connectivity index (χ1) is 12.7. The van der Waals surface area contributed by atoms with Gasteiger partial charge in [-0.05, 0) is 48.7 Å². The summed E-state index contributed by atoms with van der Waals surface area (Å²) in [5, 5.41) is 3.32. The number of anilines is 2. The first-order valence-corrected chi connectivity index (χ1v) is 9.49. The predicted molar refractivity (Wildman–Crippen MR) is 104 cm³/mol. The molecule has 1 amide bonds. The molecule has 4 rings (SSSR count). The van der Waals surface area contributed by atoms with Crippen molar-refractivity contribution in [2.75, 3.05) is 16.5 Å². The third-order valence-electron chi connectivity index (χ3n) is 4.48. The Labute approximate surface area is 155 Å². The Hall–Kier alpha value is -2.79. The number of benzene rings is 3. The van der Waals surface area contributed by atoms with Gasteiger partial charge < -0.3 is 5.32 Å². The number of halogens is 1. The molecule has 3 nitrogen and oxygen atoms in total. The van der Waals surface area contributed by atoms with Crippen molar-refractivity contribution in [3.05, 3.63) is 89.7 Å². The Bertz CT molecular complexity index is 958. The zero-order valence-corrected chi connectivity index (χ0v) is 15.0. The van der Waals surface area contributed by atoms with E-state index in [2.05, 4.69) is 5.32 Å². The molecule has 3 aromatic carbocycles. The SMILES string of the molecule is CSc1ccc(N2C(=O)c3ccccc3NC2c2ccccc2F)cc1. The molecule has 26 heavy (non-hydrogen) atoms. The zero-order valence-electron chi connectivity index (χ0n) is 14.1. The van der Waals surface area contributed by atoms with Crippen molar-refractivity contribution in [1.82, 2.24) is 0 Å². The Morgan fingerprint density at radius 3 is 2.38 bits per heavy atom.